The van der Waals surface area contributed by atoms with Crippen LogP contribution in [0.3, 0.4) is 0 Å². The summed E-state index contributed by atoms with van der Waals surface area (Å²) < 4.78 is 7.37. The number of rotatable bonds is 5. The zero-order valence-electron chi connectivity index (χ0n) is 14.0. The van der Waals surface area contributed by atoms with Gasteiger partial charge in [0.05, 0.1) is 15.5 Å². The maximum atomic E-state index is 6.21. The molecule has 0 aliphatic carbocycles. The summed E-state index contributed by atoms with van der Waals surface area (Å²) in [6.45, 7) is 2.72. The van der Waals surface area contributed by atoms with Gasteiger partial charge in [0.1, 0.15) is 5.25 Å². The highest BCUT2D eigenvalue weighted by Gasteiger charge is 2.25. The van der Waals surface area contributed by atoms with Gasteiger partial charge in [-0.1, -0.05) is 34.4 Å². The average Bonchev–Trinajstić information content (AvgIpc) is 3.42. The van der Waals surface area contributed by atoms with E-state index in [-0.39, 0.29) is 5.89 Å². The minimum Gasteiger partial charge on any atom is -0.334 e. The standard InChI is InChI=1S/C17H13Cl2N5OS2/c1-2-24-15(12-4-3-7-27-12)21-22-16(24)13(26)14-20-17(25-23-14)10-8-9(18)5-6-11(10)19/h3-8,13,26H,2H2,1H3. The van der Waals surface area contributed by atoms with Gasteiger partial charge in [0.2, 0.25) is 0 Å². The Morgan fingerprint density at radius 1 is 1.26 bits per heavy atom. The monoisotopic (exact) mass is 437 g/mol. The number of hydrogen-bond acceptors (Lipinski definition) is 7. The number of thiophene rings is 1. The van der Waals surface area contributed by atoms with E-state index in [2.05, 4.69) is 33.0 Å². The molecule has 3 aromatic heterocycles. The molecule has 138 valence electrons. The average molecular weight is 438 g/mol. The SMILES string of the molecule is CCn1c(-c2cccs2)nnc1C(S)c1noc(-c2cc(Cl)ccc2Cl)n1. The number of hydrogen-bond donors (Lipinski definition) is 1. The van der Waals surface area contributed by atoms with Crippen molar-refractivity contribution in [2.75, 3.05) is 0 Å². The van der Waals surface area contributed by atoms with E-state index < -0.39 is 5.25 Å². The second-order valence-corrected chi connectivity index (χ2v) is 7.90. The molecule has 4 aromatic rings. The summed E-state index contributed by atoms with van der Waals surface area (Å²) in [6.07, 6.45) is 0. The first-order chi connectivity index (χ1) is 13.1. The van der Waals surface area contributed by atoms with Crippen molar-refractivity contribution in [1.29, 1.82) is 0 Å². The smallest absolute Gasteiger partial charge is 0.259 e. The molecule has 0 spiro atoms. The van der Waals surface area contributed by atoms with Crippen LogP contribution in [0.1, 0.15) is 23.8 Å². The van der Waals surface area contributed by atoms with Gasteiger partial charge in [0.15, 0.2) is 17.5 Å². The van der Waals surface area contributed by atoms with Crippen LogP contribution in [0, 0.1) is 0 Å². The number of aromatic nitrogens is 5. The first-order valence-corrected chi connectivity index (χ1v) is 10.2. The van der Waals surface area contributed by atoms with Crippen LogP contribution >= 0.6 is 47.2 Å². The van der Waals surface area contributed by atoms with E-state index in [1.807, 2.05) is 29.0 Å². The van der Waals surface area contributed by atoms with Crippen LogP contribution in [0.4, 0.5) is 0 Å². The van der Waals surface area contributed by atoms with Crippen LogP contribution in [0.5, 0.6) is 0 Å². The van der Waals surface area contributed by atoms with Gasteiger partial charge in [-0.3, -0.25) is 0 Å². The van der Waals surface area contributed by atoms with Crippen molar-refractivity contribution in [3.05, 3.63) is 57.4 Å². The minimum atomic E-state index is -0.498. The second kappa shape index (κ2) is 7.63. The van der Waals surface area contributed by atoms with Crippen molar-refractivity contribution >= 4 is 47.2 Å². The van der Waals surface area contributed by atoms with Crippen LogP contribution in [0.25, 0.3) is 22.2 Å². The van der Waals surface area contributed by atoms with Gasteiger partial charge < -0.3 is 9.09 Å². The lowest BCUT2D eigenvalue weighted by molar-refractivity contribution is 0.423. The van der Waals surface area contributed by atoms with Crippen molar-refractivity contribution in [3.63, 3.8) is 0 Å². The Morgan fingerprint density at radius 3 is 2.85 bits per heavy atom. The summed E-state index contributed by atoms with van der Waals surface area (Å²) in [6, 6.07) is 9.04. The highest BCUT2D eigenvalue weighted by molar-refractivity contribution is 7.80. The molecule has 3 heterocycles. The van der Waals surface area contributed by atoms with Gasteiger partial charge in [-0.25, -0.2) is 0 Å². The molecule has 0 fully saturated rings. The normalized spacial score (nSPS) is 12.4. The predicted molar refractivity (Wildman–Crippen MR) is 110 cm³/mol. The molecule has 1 aromatic carbocycles. The topological polar surface area (TPSA) is 69.6 Å². The fraction of sp³-hybridized carbons (Fsp3) is 0.176. The van der Waals surface area contributed by atoms with Crippen LogP contribution in [0.2, 0.25) is 10.0 Å². The Labute approximate surface area is 174 Å². The maximum Gasteiger partial charge on any atom is 0.259 e. The number of nitrogens with zero attached hydrogens (tertiary/aromatic N) is 5. The number of benzene rings is 1. The molecule has 0 saturated carbocycles. The molecule has 0 radical (unpaired) electrons. The third kappa shape index (κ3) is 3.50. The summed E-state index contributed by atoms with van der Waals surface area (Å²) in [5.74, 6) is 2.10. The van der Waals surface area contributed by atoms with Crippen LogP contribution in [0.15, 0.2) is 40.2 Å². The lowest BCUT2D eigenvalue weighted by Crippen LogP contribution is -2.07. The molecule has 10 heteroatoms. The van der Waals surface area contributed by atoms with E-state index in [0.29, 0.717) is 33.8 Å². The fourth-order valence-corrected chi connectivity index (χ4v) is 4.03. The Kier molecular flexibility index (Phi) is 5.23. The molecule has 0 bridgehead atoms. The van der Waals surface area contributed by atoms with Crippen LogP contribution < -0.4 is 0 Å². The summed E-state index contributed by atoms with van der Waals surface area (Å²) in [5.41, 5.74) is 0.569. The molecule has 0 N–H and O–H groups in total. The molecule has 0 amide bonds. The van der Waals surface area contributed by atoms with Gasteiger partial charge in [0.25, 0.3) is 5.89 Å². The van der Waals surface area contributed by atoms with E-state index in [1.54, 1.807) is 29.5 Å². The Morgan fingerprint density at radius 2 is 2.11 bits per heavy atom. The number of halogens is 2. The Balaban J connectivity index is 1.69. The largest absolute Gasteiger partial charge is 0.334 e. The van der Waals surface area contributed by atoms with Gasteiger partial charge in [-0.15, -0.1) is 21.5 Å². The molecule has 0 aliphatic heterocycles. The lowest BCUT2D eigenvalue weighted by atomic mass is 10.2. The summed E-state index contributed by atoms with van der Waals surface area (Å²) in [5, 5.41) is 15.2. The Hall–Kier alpha value is -1.87. The van der Waals surface area contributed by atoms with Crippen LogP contribution in [-0.2, 0) is 6.54 Å². The van der Waals surface area contributed by atoms with Crippen molar-refractivity contribution in [2.24, 2.45) is 0 Å². The lowest BCUT2D eigenvalue weighted by Gasteiger charge is -2.09. The third-order valence-corrected chi connectivity index (χ3v) is 5.82. The summed E-state index contributed by atoms with van der Waals surface area (Å²) >= 11 is 18.5. The molecule has 27 heavy (non-hydrogen) atoms. The van der Waals surface area contributed by atoms with E-state index in [9.17, 15) is 0 Å². The van der Waals surface area contributed by atoms with E-state index in [1.165, 1.54) is 0 Å². The number of thiol groups is 1. The highest BCUT2D eigenvalue weighted by Crippen LogP contribution is 2.33. The second-order valence-electron chi connectivity index (χ2n) is 5.59. The third-order valence-electron chi connectivity index (χ3n) is 3.93. The predicted octanol–water partition coefficient (Wildman–Crippen LogP) is 5.40. The Bertz CT molecular complexity index is 1080. The van der Waals surface area contributed by atoms with Gasteiger partial charge in [0, 0.05) is 11.6 Å². The summed E-state index contributed by atoms with van der Waals surface area (Å²) in [4.78, 5) is 5.47. The van der Waals surface area contributed by atoms with Crippen LogP contribution in [-0.4, -0.2) is 24.9 Å². The fourth-order valence-electron chi connectivity index (χ4n) is 2.65. The molecule has 1 unspecified atom stereocenters. The zero-order chi connectivity index (χ0) is 19.0. The van der Waals surface area contributed by atoms with Crippen molar-refractivity contribution in [2.45, 2.75) is 18.7 Å². The highest BCUT2D eigenvalue weighted by atomic mass is 35.5. The molecule has 1 atom stereocenters. The molecular formula is C17H13Cl2N5OS2. The zero-order valence-corrected chi connectivity index (χ0v) is 17.2. The first kappa shape index (κ1) is 18.5. The summed E-state index contributed by atoms with van der Waals surface area (Å²) in [7, 11) is 0. The molecule has 0 saturated heterocycles. The van der Waals surface area contributed by atoms with Crippen molar-refractivity contribution in [3.8, 4) is 22.2 Å². The maximum absolute atomic E-state index is 6.21. The quantitative estimate of drug-likeness (QED) is 0.423. The molecule has 4 rings (SSSR count). The molecular weight excluding hydrogens is 425 g/mol. The van der Waals surface area contributed by atoms with E-state index in [0.717, 1.165) is 10.7 Å². The van der Waals surface area contributed by atoms with Crippen molar-refractivity contribution < 1.29 is 4.52 Å². The molecule has 6 nitrogen and oxygen atoms in total. The van der Waals surface area contributed by atoms with E-state index in [4.69, 9.17) is 27.7 Å². The van der Waals surface area contributed by atoms with Crippen molar-refractivity contribution in [1.82, 2.24) is 24.9 Å². The van der Waals surface area contributed by atoms with Gasteiger partial charge in [-0.05, 0) is 36.6 Å². The van der Waals surface area contributed by atoms with E-state index >= 15 is 0 Å². The molecule has 0 aliphatic rings. The minimum absolute atomic E-state index is 0.276. The van der Waals surface area contributed by atoms with Gasteiger partial charge in [-0.2, -0.15) is 17.6 Å². The van der Waals surface area contributed by atoms with Gasteiger partial charge >= 0.3 is 0 Å². The first-order valence-electron chi connectivity index (χ1n) is 8.02.